The Morgan fingerprint density at radius 1 is 1.53 bits per heavy atom. The van der Waals surface area contributed by atoms with Crippen molar-refractivity contribution in [1.82, 2.24) is 14.8 Å². The van der Waals surface area contributed by atoms with E-state index in [1.807, 2.05) is 0 Å². The van der Waals surface area contributed by atoms with Gasteiger partial charge in [0.25, 0.3) is 0 Å². The summed E-state index contributed by atoms with van der Waals surface area (Å²) in [6.45, 7) is 3.96. The highest BCUT2D eigenvalue weighted by Gasteiger charge is 2.18. The van der Waals surface area contributed by atoms with Gasteiger partial charge < -0.3 is 9.30 Å². The molecule has 17 heavy (non-hydrogen) atoms. The second kappa shape index (κ2) is 6.31. The van der Waals surface area contributed by atoms with E-state index in [0.29, 0.717) is 6.10 Å². The van der Waals surface area contributed by atoms with Crippen molar-refractivity contribution >= 4 is 12.2 Å². The zero-order valence-electron chi connectivity index (χ0n) is 10.4. The van der Waals surface area contributed by atoms with Gasteiger partial charge in [-0.2, -0.15) is 5.10 Å². The molecule has 96 valence electrons. The zero-order chi connectivity index (χ0) is 12.1. The Bertz CT molecular complexity index is 393. The van der Waals surface area contributed by atoms with E-state index in [-0.39, 0.29) is 0 Å². The van der Waals surface area contributed by atoms with E-state index in [4.69, 9.17) is 17.0 Å². The molecule has 1 aliphatic rings. The van der Waals surface area contributed by atoms with Crippen molar-refractivity contribution in [1.29, 1.82) is 0 Å². The highest BCUT2D eigenvalue weighted by molar-refractivity contribution is 7.71. The molecule has 2 heterocycles. The van der Waals surface area contributed by atoms with Crippen LogP contribution in [-0.4, -0.2) is 27.5 Å². The van der Waals surface area contributed by atoms with E-state index in [1.54, 1.807) is 0 Å². The van der Waals surface area contributed by atoms with Crippen LogP contribution in [0.15, 0.2) is 0 Å². The normalized spacial score (nSPS) is 19.9. The van der Waals surface area contributed by atoms with Crippen LogP contribution in [0.3, 0.4) is 0 Å². The summed E-state index contributed by atoms with van der Waals surface area (Å²) >= 11 is 5.28. The van der Waals surface area contributed by atoms with Gasteiger partial charge in [-0.3, -0.25) is 5.10 Å². The van der Waals surface area contributed by atoms with Crippen molar-refractivity contribution in [2.45, 2.75) is 58.1 Å². The Balaban J connectivity index is 1.98. The SMILES string of the molecule is CCCCCc1n[nH]c(=S)n1CC1CCCO1. The van der Waals surface area contributed by atoms with Gasteiger partial charge in [0.15, 0.2) is 4.77 Å². The fourth-order valence-electron chi connectivity index (χ4n) is 2.25. The fourth-order valence-corrected chi connectivity index (χ4v) is 2.48. The first-order valence-electron chi connectivity index (χ1n) is 6.57. The number of H-pyrrole nitrogens is 1. The zero-order valence-corrected chi connectivity index (χ0v) is 11.3. The molecule has 0 spiro atoms. The van der Waals surface area contributed by atoms with Crippen LogP contribution in [0, 0.1) is 4.77 Å². The molecule has 1 atom stereocenters. The number of nitrogens with one attached hydrogen (secondary N) is 1. The van der Waals surface area contributed by atoms with Crippen LogP contribution in [0.25, 0.3) is 0 Å². The summed E-state index contributed by atoms with van der Waals surface area (Å²) < 4.78 is 8.49. The van der Waals surface area contributed by atoms with Crippen molar-refractivity contribution in [3.63, 3.8) is 0 Å². The molecule has 5 heteroatoms. The minimum absolute atomic E-state index is 0.323. The van der Waals surface area contributed by atoms with Crippen LogP contribution < -0.4 is 0 Å². The van der Waals surface area contributed by atoms with Crippen LogP contribution in [0.4, 0.5) is 0 Å². The van der Waals surface area contributed by atoms with Crippen LogP contribution >= 0.6 is 12.2 Å². The first kappa shape index (κ1) is 12.8. The molecule has 1 aliphatic heterocycles. The van der Waals surface area contributed by atoms with Gasteiger partial charge in [0, 0.05) is 13.0 Å². The number of ether oxygens (including phenoxy) is 1. The Morgan fingerprint density at radius 3 is 3.12 bits per heavy atom. The summed E-state index contributed by atoms with van der Waals surface area (Å²) in [6.07, 6.45) is 7.30. The fraction of sp³-hybridized carbons (Fsp3) is 0.833. The number of hydrogen-bond donors (Lipinski definition) is 1. The predicted octanol–water partition coefficient (Wildman–Crippen LogP) is 2.85. The Kier molecular flexibility index (Phi) is 4.74. The smallest absolute Gasteiger partial charge is 0.195 e. The molecule has 0 saturated carbocycles. The van der Waals surface area contributed by atoms with Crippen molar-refractivity contribution in [2.24, 2.45) is 0 Å². The largest absolute Gasteiger partial charge is 0.376 e. The lowest BCUT2D eigenvalue weighted by molar-refractivity contribution is 0.0958. The summed E-state index contributed by atoms with van der Waals surface area (Å²) in [7, 11) is 0. The maximum Gasteiger partial charge on any atom is 0.195 e. The van der Waals surface area contributed by atoms with E-state index in [0.717, 1.165) is 36.6 Å². The van der Waals surface area contributed by atoms with Gasteiger partial charge in [0.2, 0.25) is 0 Å². The molecule has 4 nitrogen and oxygen atoms in total. The number of rotatable bonds is 6. The molecule has 1 N–H and O–H groups in total. The molecule has 0 aromatic carbocycles. The van der Waals surface area contributed by atoms with E-state index < -0.39 is 0 Å². The topological polar surface area (TPSA) is 42.8 Å². The highest BCUT2D eigenvalue weighted by Crippen LogP contribution is 2.15. The molecule has 0 aliphatic carbocycles. The average molecular weight is 255 g/mol. The molecule has 1 aromatic rings. The monoisotopic (exact) mass is 255 g/mol. The Hall–Kier alpha value is -0.680. The molecule has 1 unspecified atom stereocenters. The number of aromatic nitrogens is 3. The third-order valence-corrected chi connectivity index (χ3v) is 3.56. The number of aryl methyl sites for hydroxylation is 1. The first-order chi connectivity index (χ1) is 8.31. The summed E-state index contributed by atoms with van der Waals surface area (Å²) in [5.74, 6) is 1.08. The summed E-state index contributed by atoms with van der Waals surface area (Å²) in [5, 5.41) is 7.22. The first-order valence-corrected chi connectivity index (χ1v) is 6.97. The molecule has 2 rings (SSSR count). The maximum atomic E-state index is 5.65. The van der Waals surface area contributed by atoms with Crippen LogP contribution in [-0.2, 0) is 17.7 Å². The number of unbranched alkanes of at least 4 members (excludes halogenated alkanes) is 2. The van der Waals surface area contributed by atoms with Crippen LogP contribution in [0.1, 0.15) is 44.9 Å². The van der Waals surface area contributed by atoms with Gasteiger partial charge in [-0.25, -0.2) is 0 Å². The van der Waals surface area contributed by atoms with Gasteiger partial charge >= 0.3 is 0 Å². The average Bonchev–Trinajstić information content (AvgIpc) is 2.94. The van der Waals surface area contributed by atoms with Crippen LogP contribution in [0.5, 0.6) is 0 Å². The summed E-state index contributed by atoms with van der Waals surface area (Å²) in [4.78, 5) is 0. The highest BCUT2D eigenvalue weighted by atomic mass is 32.1. The van der Waals surface area contributed by atoms with Gasteiger partial charge in [-0.15, -0.1) is 0 Å². The van der Waals surface area contributed by atoms with E-state index in [9.17, 15) is 0 Å². The van der Waals surface area contributed by atoms with Gasteiger partial charge in [0.1, 0.15) is 5.82 Å². The lowest BCUT2D eigenvalue weighted by atomic mass is 10.2. The molecular formula is C12H21N3OS. The second-order valence-corrected chi connectivity index (χ2v) is 5.03. The maximum absolute atomic E-state index is 5.65. The molecule has 0 radical (unpaired) electrons. The van der Waals surface area contributed by atoms with Crippen molar-refractivity contribution in [3.8, 4) is 0 Å². The van der Waals surface area contributed by atoms with Crippen molar-refractivity contribution in [2.75, 3.05) is 6.61 Å². The van der Waals surface area contributed by atoms with E-state index in [1.165, 1.54) is 25.7 Å². The third-order valence-electron chi connectivity index (χ3n) is 3.25. The molecule has 1 aromatic heterocycles. The Labute approximate surface area is 107 Å². The summed E-state index contributed by atoms with van der Waals surface area (Å²) in [5.41, 5.74) is 0. The van der Waals surface area contributed by atoms with Gasteiger partial charge in [-0.05, 0) is 31.5 Å². The third kappa shape index (κ3) is 3.39. The minimum atomic E-state index is 0.323. The van der Waals surface area contributed by atoms with Crippen molar-refractivity contribution in [3.05, 3.63) is 10.6 Å². The minimum Gasteiger partial charge on any atom is -0.376 e. The van der Waals surface area contributed by atoms with E-state index >= 15 is 0 Å². The standard InChI is InChI=1S/C12H21N3OS/c1-2-3-4-7-11-13-14-12(17)15(11)9-10-6-5-8-16-10/h10H,2-9H2,1H3,(H,14,17). The Morgan fingerprint density at radius 2 is 2.41 bits per heavy atom. The molecule has 1 saturated heterocycles. The summed E-state index contributed by atoms with van der Waals surface area (Å²) in [6, 6.07) is 0. The van der Waals surface area contributed by atoms with Gasteiger partial charge in [0.05, 0.1) is 12.6 Å². The predicted molar refractivity (Wildman–Crippen MR) is 69.6 cm³/mol. The lowest BCUT2D eigenvalue weighted by Gasteiger charge is -2.12. The molecule has 0 bridgehead atoms. The van der Waals surface area contributed by atoms with Crippen LogP contribution in [0.2, 0.25) is 0 Å². The van der Waals surface area contributed by atoms with Crippen molar-refractivity contribution < 1.29 is 4.74 Å². The quantitative estimate of drug-likeness (QED) is 0.628. The molecular weight excluding hydrogens is 234 g/mol. The van der Waals surface area contributed by atoms with Gasteiger partial charge in [-0.1, -0.05) is 19.8 Å². The number of nitrogens with zero attached hydrogens (tertiary/aromatic N) is 2. The lowest BCUT2D eigenvalue weighted by Crippen LogP contribution is -2.17. The number of hydrogen-bond acceptors (Lipinski definition) is 3. The second-order valence-electron chi connectivity index (χ2n) is 4.65. The molecule has 0 amide bonds. The molecule has 1 fully saturated rings. The van der Waals surface area contributed by atoms with E-state index in [2.05, 4.69) is 21.7 Å². The number of aromatic amines is 1.